The van der Waals surface area contributed by atoms with Crippen molar-refractivity contribution in [3.63, 3.8) is 0 Å². The lowest BCUT2D eigenvalue weighted by atomic mass is 10.2. The van der Waals surface area contributed by atoms with Gasteiger partial charge in [-0.25, -0.2) is 9.50 Å². The molecule has 0 aliphatic rings. The van der Waals surface area contributed by atoms with Gasteiger partial charge in [-0.15, -0.1) is 5.10 Å². The van der Waals surface area contributed by atoms with Gasteiger partial charge in [0.05, 0.1) is 0 Å². The summed E-state index contributed by atoms with van der Waals surface area (Å²) in [7, 11) is 0. The number of aryl methyl sites for hydroxylation is 2. The monoisotopic (exact) mass is 204 g/mol. The van der Waals surface area contributed by atoms with E-state index in [1.165, 1.54) is 0 Å². The van der Waals surface area contributed by atoms with Gasteiger partial charge in [-0.05, 0) is 18.9 Å². The van der Waals surface area contributed by atoms with Crippen molar-refractivity contribution in [1.82, 2.24) is 19.6 Å². The van der Waals surface area contributed by atoms with E-state index in [0.717, 1.165) is 24.2 Å². The second-order valence-corrected chi connectivity index (χ2v) is 3.25. The lowest BCUT2D eigenvalue weighted by Crippen LogP contribution is -2.02. The first-order valence-corrected chi connectivity index (χ1v) is 4.99. The third-order valence-corrected chi connectivity index (χ3v) is 2.29. The average molecular weight is 204 g/mol. The van der Waals surface area contributed by atoms with Gasteiger partial charge < -0.3 is 0 Å². The van der Waals surface area contributed by atoms with E-state index >= 15 is 0 Å². The molecule has 2 aromatic rings. The first-order valence-electron chi connectivity index (χ1n) is 4.99. The van der Waals surface area contributed by atoms with Crippen LogP contribution in [-0.4, -0.2) is 25.9 Å². The van der Waals surface area contributed by atoms with Crippen molar-refractivity contribution in [2.75, 3.05) is 0 Å². The van der Waals surface area contributed by atoms with Crippen LogP contribution in [0.4, 0.5) is 0 Å². The Morgan fingerprint density at radius 2 is 2.13 bits per heavy atom. The van der Waals surface area contributed by atoms with Gasteiger partial charge >= 0.3 is 0 Å². The lowest BCUT2D eigenvalue weighted by molar-refractivity contribution is 0.111. The number of aromatic nitrogens is 4. The SMILES string of the molecule is CCc1cc(CC)n2nc(C=O)nc2n1. The Kier molecular flexibility index (Phi) is 2.45. The van der Waals surface area contributed by atoms with Gasteiger partial charge in [0.2, 0.25) is 5.82 Å². The van der Waals surface area contributed by atoms with Gasteiger partial charge in [-0.1, -0.05) is 13.8 Å². The molecule has 2 aromatic heterocycles. The predicted molar refractivity (Wildman–Crippen MR) is 54.9 cm³/mol. The van der Waals surface area contributed by atoms with E-state index in [1.807, 2.05) is 19.9 Å². The van der Waals surface area contributed by atoms with E-state index in [2.05, 4.69) is 15.1 Å². The van der Waals surface area contributed by atoms with Crippen LogP contribution in [0.5, 0.6) is 0 Å². The van der Waals surface area contributed by atoms with Crippen LogP contribution in [0.25, 0.3) is 5.78 Å². The summed E-state index contributed by atoms with van der Waals surface area (Å²) in [4.78, 5) is 18.9. The van der Waals surface area contributed by atoms with E-state index in [0.29, 0.717) is 12.1 Å². The van der Waals surface area contributed by atoms with Crippen LogP contribution >= 0.6 is 0 Å². The summed E-state index contributed by atoms with van der Waals surface area (Å²) >= 11 is 0. The number of hydrogen-bond acceptors (Lipinski definition) is 4. The number of fused-ring (bicyclic) bond motifs is 1. The zero-order valence-electron chi connectivity index (χ0n) is 8.77. The highest BCUT2D eigenvalue weighted by Gasteiger charge is 2.08. The lowest BCUT2D eigenvalue weighted by Gasteiger charge is -2.02. The largest absolute Gasteiger partial charge is 0.294 e. The van der Waals surface area contributed by atoms with E-state index in [9.17, 15) is 4.79 Å². The molecule has 0 aliphatic heterocycles. The first-order chi connectivity index (χ1) is 7.28. The van der Waals surface area contributed by atoms with E-state index in [4.69, 9.17) is 0 Å². The summed E-state index contributed by atoms with van der Waals surface area (Å²) < 4.78 is 1.63. The summed E-state index contributed by atoms with van der Waals surface area (Å²) in [6.07, 6.45) is 2.33. The molecular formula is C10H12N4O. The van der Waals surface area contributed by atoms with Crippen LogP contribution in [-0.2, 0) is 12.8 Å². The maximum Gasteiger partial charge on any atom is 0.253 e. The van der Waals surface area contributed by atoms with Crippen molar-refractivity contribution in [1.29, 1.82) is 0 Å². The summed E-state index contributed by atoms with van der Waals surface area (Å²) in [6.45, 7) is 4.08. The van der Waals surface area contributed by atoms with Crippen LogP contribution in [0.1, 0.15) is 35.9 Å². The Bertz CT molecular complexity index is 503. The molecule has 0 aromatic carbocycles. The third kappa shape index (κ3) is 1.60. The number of hydrogen-bond donors (Lipinski definition) is 0. The van der Waals surface area contributed by atoms with Gasteiger partial charge in [0, 0.05) is 11.4 Å². The normalized spacial score (nSPS) is 10.8. The van der Waals surface area contributed by atoms with Crippen LogP contribution in [0, 0.1) is 0 Å². The van der Waals surface area contributed by atoms with Gasteiger partial charge in [0.15, 0.2) is 6.29 Å². The highest BCUT2D eigenvalue weighted by molar-refractivity contribution is 5.69. The van der Waals surface area contributed by atoms with Crippen molar-refractivity contribution in [3.8, 4) is 0 Å². The topological polar surface area (TPSA) is 60.2 Å². The smallest absolute Gasteiger partial charge is 0.253 e. The molecule has 0 atom stereocenters. The Balaban J connectivity index is 2.71. The van der Waals surface area contributed by atoms with Crippen molar-refractivity contribution >= 4 is 12.1 Å². The molecule has 0 saturated carbocycles. The van der Waals surface area contributed by atoms with Crippen LogP contribution in [0.15, 0.2) is 6.07 Å². The maximum atomic E-state index is 10.6. The molecule has 0 N–H and O–H groups in total. The summed E-state index contributed by atoms with van der Waals surface area (Å²) in [5.41, 5.74) is 2.00. The zero-order chi connectivity index (χ0) is 10.8. The average Bonchev–Trinajstić information content (AvgIpc) is 2.70. The van der Waals surface area contributed by atoms with Crippen LogP contribution in [0.3, 0.4) is 0 Å². The Morgan fingerprint density at radius 3 is 2.73 bits per heavy atom. The number of nitrogens with zero attached hydrogens (tertiary/aromatic N) is 4. The standard InChI is InChI=1S/C10H12N4O/c1-3-7-5-8(4-2)14-10(11-7)12-9(6-15)13-14/h5-6H,3-4H2,1-2H3. The Labute approximate surface area is 87.2 Å². The predicted octanol–water partition coefficient (Wildman–Crippen LogP) is 1.06. The van der Waals surface area contributed by atoms with E-state index < -0.39 is 0 Å². The fourth-order valence-corrected chi connectivity index (χ4v) is 1.48. The zero-order valence-corrected chi connectivity index (χ0v) is 8.77. The molecule has 0 bridgehead atoms. The molecule has 0 amide bonds. The summed E-state index contributed by atoms with van der Waals surface area (Å²) in [5, 5.41) is 4.05. The maximum absolute atomic E-state index is 10.6. The fraction of sp³-hybridized carbons (Fsp3) is 0.400. The minimum atomic E-state index is 0.186. The van der Waals surface area contributed by atoms with Crippen molar-refractivity contribution in [2.45, 2.75) is 26.7 Å². The number of carbonyl (C=O) groups excluding carboxylic acids is 1. The molecule has 0 saturated heterocycles. The van der Waals surface area contributed by atoms with Gasteiger partial charge in [-0.2, -0.15) is 4.98 Å². The molecule has 2 heterocycles. The number of aldehydes is 1. The molecule has 0 unspecified atom stereocenters. The molecule has 15 heavy (non-hydrogen) atoms. The van der Waals surface area contributed by atoms with Crippen molar-refractivity contribution in [2.24, 2.45) is 0 Å². The minimum Gasteiger partial charge on any atom is -0.294 e. The van der Waals surface area contributed by atoms with E-state index in [1.54, 1.807) is 4.52 Å². The van der Waals surface area contributed by atoms with E-state index in [-0.39, 0.29) is 5.82 Å². The van der Waals surface area contributed by atoms with Crippen molar-refractivity contribution < 1.29 is 4.79 Å². The highest BCUT2D eigenvalue weighted by atomic mass is 16.1. The number of carbonyl (C=O) groups is 1. The highest BCUT2D eigenvalue weighted by Crippen LogP contribution is 2.07. The second kappa shape index (κ2) is 3.76. The van der Waals surface area contributed by atoms with Crippen LogP contribution < -0.4 is 0 Å². The molecule has 78 valence electrons. The van der Waals surface area contributed by atoms with Gasteiger partial charge in [0.25, 0.3) is 5.78 Å². The molecule has 0 spiro atoms. The second-order valence-electron chi connectivity index (χ2n) is 3.25. The molecule has 5 heteroatoms. The third-order valence-electron chi connectivity index (χ3n) is 2.29. The van der Waals surface area contributed by atoms with Gasteiger partial charge in [0.1, 0.15) is 0 Å². The molecule has 2 rings (SSSR count). The Morgan fingerprint density at radius 1 is 1.33 bits per heavy atom. The molecule has 0 fully saturated rings. The molecule has 0 aliphatic carbocycles. The molecule has 5 nitrogen and oxygen atoms in total. The summed E-state index contributed by atoms with van der Waals surface area (Å²) in [5.74, 6) is 0.693. The fourth-order valence-electron chi connectivity index (χ4n) is 1.48. The van der Waals surface area contributed by atoms with Gasteiger partial charge in [-0.3, -0.25) is 4.79 Å². The quantitative estimate of drug-likeness (QED) is 0.701. The summed E-state index contributed by atoms with van der Waals surface area (Å²) in [6, 6.07) is 2.00. The number of rotatable bonds is 3. The minimum absolute atomic E-state index is 0.186. The Hall–Kier alpha value is -1.78. The molecular weight excluding hydrogens is 192 g/mol. The van der Waals surface area contributed by atoms with Crippen molar-refractivity contribution in [3.05, 3.63) is 23.3 Å². The van der Waals surface area contributed by atoms with Crippen LogP contribution in [0.2, 0.25) is 0 Å². The first kappa shape index (κ1) is 9.76. The molecule has 0 radical (unpaired) electrons.